The Bertz CT molecular complexity index is 1180. The summed E-state index contributed by atoms with van der Waals surface area (Å²) in [5.41, 5.74) is 6.96. The van der Waals surface area contributed by atoms with Crippen LogP contribution in [0.5, 0.6) is 11.5 Å². The number of halogens is 1. The van der Waals surface area contributed by atoms with Gasteiger partial charge in [0.15, 0.2) is 11.5 Å². The summed E-state index contributed by atoms with van der Waals surface area (Å²) >= 11 is 4.99. The van der Waals surface area contributed by atoms with Gasteiger partial charge in [0.1, 0.15) is 6.61 Å². The standard InChI is InChI=1S/C24H20BrN3O2S/c1-29-23-13-17(10-11-22(23)30-15-18-6-5-9-20(25)12-18)14-26-28-24-27-21(16-31-24)19-7-3-2-4-8-19/h2-14,16H,15H2,1H3,(H,27,28). The molecule has 0 saturated carbocycles. The highest BCUT2D eigenvalue weighted by Gasteiger charge is 2.07. The van der Waals surface area contributed by atoms with E-state index in [0.717, 1.165) is 32.0 Å². The molecule has 0 aliphatic heterocycles. The van der Waals surface area contributed by atoms with Gasteiger partial charge in [-0.25, -0.2) is 4.98 Å². The van der Waals surface area contributed by atoms with Crippen LogP contribution in [0.1, 0.15) is 11.1 Å². The van der Waals surface area contributed by atoms with Crippen LogP contribution < -0.4 is 14.9 Å². The molecule has 0 spiro atoms. The Morgan fingerprint density at radius 1 is 1.03 bits per heavy atom. The number of nitrogens with zero attached hydrogens (tertiary/aromatic N) is 2. The first-order chi connectivity index (χ1) is 15.2. The van der Waals surface area contributed by atoms with Crippen LogP contribution in [0.4, 0.5) is 5.13 Å². The van der Waals surface area contributed by atoms with Gasteiger partial charge in [-0.2, -0.15) is 5.10 Å². The second-order valence-electron chi connectivity index (χ2n) is 6.60. The van der Waals surface area contributed by atoms with Crippen molar-refractivity contribution in [3.8, 4) is 22.8 Å². The summed E-state index contributed by atoms with van der Waals surface area (Å²) in [6.07, 6.45) is 1.73. The van der Waals surface area contributed by atoms with Crippen molar-refractivity contribution < 1.29 is 9.47 Å². The van der Waals surface area contributed by atoms with E-state index in [1.807, 2.05) is 78.2 Å². The van der Waals surface area contributed by atoms with Gasteiger partial charge < -0.3 is 9.47 Å². The number of hydrogen-bond acceptors (Lipinski definition) is 6. The van der Waals surface area contributed by atoms with Gasteiger partial charge in [0.2, 0.25) is 5.13 Å². The lowest BCUT2D eigenvalue weighted by Gasteiger charge is -2.11. The quantitative estimate of drug-likeness (QED) is 0.221. The number of aromatic nitrogens is 1. The lowest BCUT2D eigenvalue weighted by atomic mass is 10.2. The van der Waals surface area contributed by atoms with Crippen LogP contribution in [-0.4, -0.2) is 18.3 Å². The van der Waals surface area contributed by atoms with Crippen LogP contribution in [-0.2, 0) is 6.61 Å². The summed E-state index contributed by atoms with van der Waals surface area (Å²) in [5, 5.41) is 7.04. The monoisotopic (exact) mass is 493 g/mol. The van der Waals surface area contributed by atoms with Crippen LogP contribution in [0.15, 0.2) is 87.8 Å². The molecule has 0 saturated heterocycles. The molecule has 1 heterocycles. The molecule has 3 aromatic carbocycles. The Balaban J connectivity index is 1.38. The molecule has 31 heavy (non-hydrogen) atoms. The van der Waals surface area contributed by atoms with E-state index < -0.39 is 0 Å². The molecule has 4 aromatic rings. The molecule has 0 amide bonds. The minimum Gasteiger partial charge on any atom is -0.493 e. The molecule has 0 bridgehead atoms. The van der Waals surface area contributed by atoms with Gasteiger partial charge in [0.05, 0.1) is 19.0 Å². The maximum Gasteiger partial charge on any atom is 0.203 e. The second kappa shape index (κ2) is 10.2. The van der Waals surface area contributed by atoms with Crippen molar-refractivity contribution in [2.75, 3.05) is 12.5 Å². The van der Waals surface area contributed by atoms with E-state index in [1.54, 1.807) is 13.3 Å². The molecule has 7 heteroatoms. The fourth-order valence-corrected chi connectivity index (χ4v) is 4.02. The van der Waals surface area contributed by atoms with Crippen LogP contribution >= 0.6 is 27.3 Å². The Labute approximate surface area is 193 Å². The molecule has 1 aromatic heterocycles. The normalized spacial score (nSPS) is 10.9. The number of methoxy groups -OCH3 is 1. The Kier molecular flexibility index (Phi) is 6.96. The van der Waals surface area contributed by atoms with Crippen molar-refractivity contribution in [3.05, 3.63) is 93.8 Å². The first-order valence-corrected chi connectivity index (χ1v) is 11.2. The van der Waals surface area contributed by atoms with Gasteiger partial charge in [0, 0.05) is 15.4 Å². The molecule has 5 nitrogen and oxygen atoms in total. The van der Waals surface area contributed by atoms with Crippen LogP contribution in [0.2, 0.25) is 0 Å². The molecule has 0 aliphatic rings. The number of thiazole rings is 1. The highest BCUT2D eigenvalue weighted by molar-refractivity contribution is 9.10. The van der Waals surface area contributed by atoms with Crippen molar-refractivity contribution in [3.63, 3.8) is 0 Å². The fourth-order valence-electron chi connectivity index (χ4n) is 2.90. The maximum atomic E-state index is 5.93. The third kappa shape index (κ3) is 5.71. The first-order valence-electron chi connectivity index (χ1n) is 9.56. The lowest BCUT2D eigenvalue weighted by Crippen LogP contribution is -1.98. The second-order valence-corrected chi connectivity index (χ2v) is 8.38. The lowest BCUT2D eigenvalue weighted by molar-refractivity contribution is 0.284. The summed E-state index contributed by atoms with van der Waals surface area (Å²) in [5.74, 6) is 1.33. The maximum absolute atomic E-state index is 5.93. The summed E-state index contributed by atoms with van der Waals surface area (Å²) in [6, 6.07) is 23.8. The van der Waals surface area contributed by atoms with Crippen molar-refractivity contribution in [2.45, 2.75) is 6.61 Å². The number of ether oxygens (including phenoxy) is 2. The molecule has 0 atom stereocenters. The van der Waals surface area contributed by atoms with Gasteiger partial charge >= 0.3 is 0 Å². The number of hydrazone groups is 1. The third-order valence-corrected chi connectivity index (χ3v) is 5.66. The third-order valence-electron chi connectivity index (χ3n) is 4.42. The van der Waals surface area contributed by atoms with Gasteiger partial charge in [-0.05, 0) is 41.5 Å². The van der Waals surface area contributed by atoms with E-state index in [0.29, 0.717) is 18.1 Å². The summed E-state index contributed by atoms with van der Waals surface area (Å²) in [7, 11) is 1.63. The molecular weight excluding hydrogens is 474 g/mol. The average molecular weight is 494 g/mol. The summed E-state index contributed by atoms with van der Waals surface area (Å²) in [6.45, 7) is 0.457. The van der Waals surface area contributed by atoms with E-state index in [4.69, 9.17) is 9.47 Å². The number of rotatable bonds is 8. The molecule has 0 unspecified atom stereocenters. The first kappa shape index (κ1) is 21.1. The Morgan fingerprint density at radius 2 is 1.90 bits per heavy atom. The fraction of sp³-hybridized carbons (Fsp3) is 0.0833. The van der Waals surface area contributed by atoms with E-state index in [9.17, 15) is 0 Å². The van der Waals surface area contributed by atoms with Gasteiger partial charge in [-0.1, -0.05) is 58.4 Å². The molecule has 0 aliphatic carbocycles. The van der Waals surface area contributed by atoms with Crippen molar-refractivity contribution in [2.24, 2.45) is 5.10 Å². The van der Waals surface area contributed by atoms with Crippen molar-refractivity contribution >= 4 is 38.6 Å². The number of benzene rings is 3. The van der Waals surface area contributed by atoms with E-state index in [-0.39, 0.29) is 0 Å². The predicted octanol–water partition coefficient (Wildman–Crippen LogP) is 6.61. The zero-order valence-corrected chi connectivity index (χ0v) is 19.2. The Hall–Kier alpha value is -3.16. The molecule has 0 fully saturated rings. The number of hydrogen-bond donors (Lipinski definition) is 1. The SMILES string of the molecule is COc1cc(C=NNc2nc(-c3ccccc3)cs2)ccc1OCc1cccc(Br)c1. The van der Waals surface area contributed by atoms with Crippen LogP contribution in [0, 0.1) is 0 Å². The van der Waals surface area contributed by atoms with Crippen LogP contribution in [0.25, 0.3) is 11.3 Å². The van der Waals surface area contributed by atoms with Crippen molar-refractivity contribution in [1.82, 2.24) is 4.98 Å². The minimum atomic E-state index is 0.457. The highest BCUT2D eigenvalue weighted by Crippen LogP contribution is 2.29. The number of anilines is 1. The number of nitrogens with one attached hydrogen (secondary N) is 1. The predicted molar refractivity (Wildman–Crippen MR) is 130 cm³/mol. The molecule has 4 rings (SSSR count). The zero-order chi connectivity index (χ0) is 21.5. The molecule has 0 radical (unpaired) electrons. The zero-order valence-electron chi connectivity index (χ0n) is 16.8. The van der Waals surface area contributed by atoms with Crippen LogP contribution in [0.3, 0.4) is 0 Å². The molecule has 1 N–H and O–H groups in total. The summed E-state index contributed by atoms with van der Waals surface area (Å²) < 4.78 is 12.4. The average Bonchev–Trinajstić information content (AvgIpc) is 3.28. The minimum absolute atomic E-state index is 0.457. The van der Waals surface area contributed by atoms with Gasteiger partial charge in [0.25, 0.3) is 0 Å². The van der Waals surface area contributed by atoms with E-state index in [2.05, 4.69) is 31.4 Å². The van der Waals surface area contributed by atoms with E-state index in [1.165, 1.54) is 11.3 Å². The Morgan fingerprint density at radius 3 is 2.71 bits per heavy atom. The molecular formula is C24H20BrN3O2S. The highest BCUT2D eigenvalue weighted by atomic mass is 79.9. The van der Waals surface area contributed by atoms with Gasteiger partial charge in [-0.15, -0.1) is 11.3 Å². The van der Waals surface area contributed by atoms with E-state index >= 15 is 0 Å². The topological polar surface area (TPSA) is 55.7 Å². The van der Waals surface area contributed by atoms with Crippen molar-refractivity contribution in [1.29, 1.82) is 0 Å². The largest absolute Gasteiger partial charge is 0.493 e. The smallest absolute Gasteiger partial charge is 0.203 e. The summed E-state index contributed by atoms with van der Waals surface area (Å²) in [4.78, 5) is 4.56. The molecule has 156 valence electrons. The van der Waals surface area contributed by atoms with Gasteiger partial charge in [-0.3, -0.25) is 5.43 Å².